The second-order valence-electron chi connectivity index (χ2n) is 10.4. The van der Waals surface area contributed by atoms with Gasteiger partial charge in [-0.15, -0.1) is 5.10 Å². The molecule has 0 bridgehead atoms. The SMILES string of the molecule is Cc1ccc(C2=C(Cl)N=C(C3C4CC4c4cc(-c5cc(Cl)ccc5-n5cc(C(F)(F)F)nn5)cc(=O)n43)C2)c(F)n1. The van der Waals surface area contributed by atoms with Gasteiger partial charge in [-0.05, 0) is 61.2 Å². The molecular formula is C28H18Cl2F4N6O. The second kappa shape index (κ2) is 9.09. The standard InChI is InChI=1S/C28H18Cl2F4N6O/c1-12-2-4-15(27(31)35-12)19-10-20(36-26(19)30)25-18-9-17(18)22-6-13(7-24(41)40(22)25)16-8-14(29)3-5-21(16)39-11-23(37-38-39)28(32,33)34/h2-8,11,17-18,25H,9-10H2,1H3. The maximum Gasteiger partial charge on any atom is 0.436 e. The molecule has 1 fully saturated rings. The largest absolute Gasteiger partial charge is 0.436 e. The number of halogens is 6. The van der Waals surface area contributed by atoms with E-state index < -0.39 is 17.8 Å². The van der Waals surface area contributed by atoms with Crippen LogP contribution in [-0.4, -0.2) is 30.3 Å². The first kappa shape index (κ1) is 26.1. The van der Waals surface area contributed by atoms with E-state index in [0.29, 0.717) is 33.1 Å². The quantitative estimate of drug-likeness (QED) is 0.148. The van der Waals surface area contributed by atoms with Crippen LogP contribution in [-0.2, 0) is 6.18 Å². The zero-order valence-corrected chi connectivity index (χ0v) is 22.6. The molecule has 4 aromatic rings. The zero-order chi connectivity index (χ0) is 28.8. The molecule has 3 atom stereocenters. The highest BCUT2D eigenvalue weighted by Crippen LogP contribution is 2.60. The van der Waals surface area contributed by atoms with Crippen molar-refractivity contribution in [3.05, 3.63) is 97.8 Å². The number of alkyl halides is 3. The predicted molar refractivity (Wildman–Crippen MR) is 145 cm³/mol. The van der Waals surface area contributed by atoms with E-state index in [1.54, 1.807) is 29.7 Å². The molecule has 7 nitrogen and oxygen atoms in total. The van der Waals surface area contributed by atoms with E-state index in [9.17, 15) is 22.4 Å². The van der Waals surface area contributed by atoms with Gasteiger partial charge in [0.1, 0.15) is 5.16 Å². The Labute approximate surface area is 239 Å². The summed E-state index contributed by atoms with van der Waals surface area (Å²) in [6.45, 7) is 1.70. The van der Waals surface area contributed by atoms with Crippen molar-refractivity contribution in [1.29, 1.82) is 0 Å². The normalized spacial score (nSPS) is 21.2. The lowest BCUT2D eigenvalue weighted by molar-refractivity contribution is -0.141. The van der Waals surface area contributed by atoms with Crippen LogP contribution in [0.1, 0.15) is 47.4 Å². The molecule has 41 heavy (non-hydrogen) atoms. The lowest BCUT2D eigenvalue weighted by atomic mass is 9.98. The number of pyridine rings is 2. The van der Waals surface area contributed by atoms with Gasteiger partial charge in [0.05, 0.1) is 17.9 Å². The number of aliphatic imine (C=N–C) groups is 1. The number of aryl methyl sites for hydroxylation is 1. The third-order valence-electron chi connectivity index (χ3n) is 7.80. The molecule has 1 aliphatic carbocycles. The van der Waals surface area contributed by atoms with Gasteiger partial charge in [0, 0.05) is 57.2 Å². The summed E-state index contributed by atoms with van der Waals surface area (Å²) < 4.78 is 56.9. The number of hydrogen-bond acceptors (Lipinski definition) is 5. The molecule has 1 saturated carbocycles. The maximum absolute atomic E-state index is 14.6. The molecule has 0 radical (unpaired) electrons. The van der Waals surface area contributed by atoms with Gasteiger partial charge < -0.3 is 4.57 Å². The van der Waals surface area contributed by atoms with Crippen molar-refractivity contribution in [1.82, 2.24) is 24.5 Å². The van der Waals surface area contributed by atoms with Crippen LogP contribution < -0.4 is 5.56 Å². The van der Waals surface area contributed by atoms with E-state index >= 15 is 0 Å². The second-order valence-corrected chi connectivity index (χ2v) is 11.2. The summed E-state index contributed by atoms with van der Waals surface area (Å²) >= 11 is 12.7. The first-order valence-electron chi connectivity index (χ1n) is 12.7. The summed E-state index contributed by atoms with van der Waals surface area (Å²) in [6, 6.07) is 10.9. The maximum atomic E-state index is 14.6. The fourth-order valence-electron chi connectivity index (χ4n) is 5.90. The molecule has 5 heterocycles. The fourth-order valence-corrected chi connectivity index (χ4v) is 6.34. The number of nitrogens with zero attached hydrogens (tertiary/aromatic N) is 6. The van der Waals surface area contributed by atoms with E-state index in [2.05, 4.69) is 20.3 Å². The molecule has 13 heteroatoms. The Kier molecular flexibility index (Phi) is 5.78. The molecule has 0 amide bonds. The smallest absolute Gasteiger partial charge is 0.303 e. The average Bonchev–Trinajstić information content (AvgIpc) is 3.21. The first-order chi connectivity index (χ1) is 19.5. The third-order valence-corrected chi connectivity index (χ3v) is 8.35. The number of hydrogen-bond donors (Lipinski definition) is 0. The van der Waals surface area contributed by atoms with Crippen LogP contribution in [0.25, 0.3) is 22.4 Å². The van der Waals surface area contributed by atoms with Gasteiger partial charge in [0.2, 0.25) is 5.95 Å². The zero-order valence-electron chi connectivity index (χ0n) is 21.1. The van der Waals surface area contributed by atoms with Crippen LogP contribution in [0.5, 0.6) is 0 Å². The molecule has 3 aliphatic rings. The highest BCUT2D eigenvalue weighted by atomic mass is 35.5. The minimum absolute atomic E-state index is 0.0989. The minimum atomic E-state index is -4.66. The van der Waals surface area contributed by atoms with Crippen LogP contribution in [0.15, 0.2) is 63.6 Å². The molecule has 0 N–H and O–H groups in total. The molecule has 0 spiro atoms. The van der Waals surface area contributed by atoms with Crippen molar-refractivity contribution in [2.24, 2.45) is 10.9 Å². The Morgan fingerprint density at radius 3 is 2.59 bits per heavy atom. The van der Waals surface area contributed by atoms with Crippen LogP contribution in [0, 0.1) is 18.8 Å². The lowest BCUT2D eigenvalue weighted by Crippen LogP contribution is -2.29. The van der Waals surface area contributed by atoms with E-state index in [1.165, 1.54) is 18.2 Å². The van der Waals surface area contributed by atoms with Crippen LogP contribution >= 0.6 is 23.2 Å². The van der Waals surface area contributed by atoms with E-state index in [-0.39, 0.29) is 46.3 Å². The Morgan fingerprint density at radius 1 is 1.05 bits per heavy atom. The highest BCUT2D eigenvalue weighted by molar-refractivity contribution is 6.35. The van der Waals surface area contributed by atoms with Gasteiger partial charge in [-0.25, -0.2) is 14.7 Å². The molecular weight excluding hydrogens is 583 g/mol. The highest BCUT2D eigenvalue weighted by Gasteiger charge is 2.55. The van der Waals surface area contributed by atoms with Crippen LogP contribution in [0.3, 0.4) is 0 Å². The molecule has 1 aromatic carbocycles. The Balaban J connectivity index is 1.26. The summed E-state index contributed by atoms with van der Waals surface area (Å²) in [5.74, 6) is -0.397. The molecule has 208 valence electrons. The third kappa shape index (κ3) is 4.29. The van der Waals surface area contributed by atoms with E-state index in [4.69, 9.17) is 23.2 Å². The van der Waals surface area contributed by atoms with Crippen molar-refractivity contribution in [2.45, 2.75) is 37.9 Å². The number of fused-ring (bicyclic) bond motifs is 3. The van der Waals surface area contributed by atoms with Crippen molar-refractivity contribution >= 4 is 34.5 Å². The summed E-state index contributed by atoms with van der Waals surface area (Å²) in [5, 5.41) is 7.42. The van der Waals surface area contributed by atoms with Gasteiger partial charge in [0.15, 0.2) is 5.69 Å². The molecule has 3 unspecified atom stereocenters. The fraction of sp³-hybridized carbons (Fsp3) is 0.250. The van der Waals surface area contributed by atoms with Crippen LogP contribution in [0.4, 0.5) is 17.6 Å². The molecule has 3 aromatic heterocycles. The van der Waals surface area contributed by atoms with Gasteiger partial charge in [0.25, 0.3) is 5.56 Å². The number of rotatable bonds is 4. The summed E-state index contributed by atoms with van der Waals surface area (Å²) in [6.07, 6.45) is -2.75. The van der Waals surface area contributed by atoms with Crippen molar-refractivity contribution in [2.75, 3.05) is 0 Å². The lowest BCUT2D eigenvalue weighted by Gasteiger charge is -2.20. The first-order valence-corrected chi connectivity index (χ1v) is 13.4. The van der Waals surface area contributed by atoms with Crippen molar-refractivity contribution < 1.29 is 17.6 Å². The van der Waals surface area contributed by atoms with Gasteiger partial charge >= 0.3 is 6.18 Å². The molecule has 2 aliphatic heterocycles. The Hall–Kier alpha value is -3.83. The summed E-state index contributed by atoms with van der Waals surface area (Å²) in [7, 11) is 0. The number of benzene rings is 1. The average molecular weight is 601 g/mol. The van der Waals surface area contributed by atoms with Gasteiger partial charge in [-0.1, -0.05) is 28.4 Å². The Bertz CT molecular complexity index is 1890. The Morgan fingerprint density at radius 2 is 1.85 bits per heavy atom. The monoisotopic (exact) mass is 600 g/mol. The van der Waals surface area contributed by atoms with Crippen molar-refractivity contribution in [3.63, 3.8) is 0 Å². The van der Waals surface area contributed by atoms with E-state index in [1.807, 2.05) is 6.07 Å². The summed E-state index contributed by atoms with van der Waals surface area (Å²) in [4.78, 5) is 22.1. The predicted octanol–water partition coefficient (Wildman–Crippen LogP) is 6.72. The molecule has 0 saturated heterocycles. The number of allylic oxidation sites excluding steroid dienone is 1. The number of aromatic nitrogens is 5. The minimum Gasteiger partial charge on any atom is -0.303 e. The van der Waals surface area contributed by atoms with Crippen molar-refractivity contribution in [3.8, 4) is 16.8 Å². The topological polar surface area (TPSA) is 78.0 Å². The summed E-state index contributed by atoms with van der Waals surface area (Å²) in [5.41, 5.74) is 2.60. The van der Waals surface area contributed by atoms with Gasteiger partial charge in [-0.3, -0.25) is 4.79 Å². The van der Waals surface area contributed by atoms with Crippen LogP contribution in [0.2, 0.25) is 5.02 Å². The van der Waals surface area contributed by atoms with Gasteiger partial charge in [-0.2, -0.15) is 17.6 Å². The molecule has 7 rings (SSSR count). The van der Waals surface area contributed by atoms with E-state index in [0.717, 1.165) is 23.0 Å².